The van der Waals surface area contributed by atoms with E-state index >= 15 is 0 Å². The summed E-state index contributed by atoms with van der Waals surface area (Å²) in [4.78, 5) is 2.58. The summed E-state index contributed by atoms with van der Waals surface area (Å²) in [5.74, 6) is 0.650. The van der Waals surface area contributed by atoms with Crippen molar-refractivity contribution < 1.29 is 4.74 Å². The van der Waals surface area contributed by atoms with E-state index in [1.165, 1.54) is 12.8 Å². The third-order valence-electron chi connectivity index (χ3n) is 4.65. The van der Waals surface area contributed by atoms with E-state index in [4.69, 9.17) is 10.5 Å². The van der Waals surface area contributed by atoms with Gasteiger partial charge in [0.2, 0.25) is 0 Å². The van der Waals surface area contributed by atoms with Crippen LogP contribution in [0.25, 0.3) is 0 Å². The first-order chi connectivity index (χ1) is 8.29. The first kappa shape index (κ1) is 15.9. The van der Waals surface area contributed by atoms with Crippen molar-refractivity contribution in [2.45, 2.75) is 59.0 Å². The molecule has 0 bridgehead atoms. The highest BCUT2D eigenvalue weighted by atomic mass is 16.5. The van der Waals surface area contributed by atoms with Crippen LogP contribution in [0.15, 0.2) is 0 Å². The molecule has 1 rings (SSSR count). The molecule has 0 saturated heterocycles. The maximum absolute atomic E-state index is 6.21. The molecule has 0 radical (unpaired) electrons. The van der Waals surface area contributed by atoms with Crippen LogP contribution in [0.5, 0.6) is 0 Å². The lowest BCUT2D eigenvalue weighted by atomic mass is 9.83. The third-order valence-corrected chi connectivity index (χ3v) is 4.65. The average molecular weight is 256 g/mol. The van der Waals surface area contributed by atoms with Crippen LogP contribution in [-0.4, -0.2) is 43.3 Å². The van der Waals surface area contributed by atoms with Crippen LogP contribution in [0.2, 0.25) is 0 Å². The smallest absolute Gasteiger partial charge is 0.0590 e. The van der Waals surface area contributed by atoms with E-state index in [9.17, 15) is 0 Å². The van der Waals surface area contributed by atoms with Gasteiger partial charge in [0.25, 0.3) is 0 Å². The summed E-state index contributed by atoms with van der Waals surface area (Å²) in [7, 11) is 1.77. The molecule has 0 aliphatic heterocycles. The van der Waals surface area contributed by atoms with Crippen molar-refractivity contribution >= 4 is 0 Å². The highest BCUT2D eigenvalue weighted by Crippen LogP contribution is 2.50. The Hall–Kier alpha value is -0.120. The highest BCUT2D eigenvalue weighted by molar-refractivity contribution is 5.06. The maximum atomic E-state index is 6.21. The largest absolute Gasteiger partial charge is 0.383 e. The predicted molar refractivity (Wildman–Crippen MR) is 77.7 cm³/mol. The quantitative estimate of drug-likeness (QED) is 0.793. The summed E-state index contributed by atoms with van der Waals surface area (Å²) in [5.41, 5.74) is 6.76. The van der Waals surface area contributed by atoms with Crippen molar-refractivity contribution in [2.75, 3.05) is 26.8 Å². The number of rotatable bonds is 6. The van der Waals surface area contributed by atoms with Gasteiger partial charge in [-0.3, -0.25) is 4.90 Å². The van der Waals surface area contributed by atoms with Gasteiger partial charge in [0.05, 0.1) is 6.61 Å². The van der Waals surface area contributed by atoms with Crippen LogP contribution < -0.4 is 5.73 Å². The molecule has 0 aromatic heterocycles. The zero-order valence-corrected chi connectivity index (χ0v) is 13.1. The molecule has 0 spiro atoms. The van der Waals surface area contributed by atoms with Crippen molar-refractivity contribution in [3.8, 4) is 0 Å². The third kappa shape index (κ3) is 3.06. The molecule has 1 aliphatic rings. The van der Waals surface area contributed by atoms with E-state index in [1.807, 2.05) is 0 Å². The van der Waals surface area contributed by atoms with Gasteiger partial charge in [-0.25, -0.2) is 0 Å². The normalized spacial score (nSPS) is 31.5. The molecule has 0 aromatic rings. The van der Waals surface area contributed by atoms with Crippen LogP contribution >= 0.6 is 0 Å². The minimum atomic E-state index is 0.149. The summed E-state index contributed by atoms with van der Waals surface area (Å²) >= 11 is 0. The fourth-order valence-corrected chi connectivity index (χ4v) is 4.05. The molecule has 18 heavy (non-hydrogen) atoms. The van der Waals surface area contributed by atoms with Gasteiger partial charge < -0.3 is 10.5 Å². The number of ether oxygens (including phenoxy) is 1. The van der Waals surface area contributed by atoms with E-state index in [2.05, 4.69) is 39.5 Å². The molecular weight excluding hydrogens is 224 g/mol. The number of nitrogens with two attached hydrogens (primary N) is 1. The van der Waals surface area contributed by atoms with Crippen molar-refractivity contribution in [1.29, 1.82) is 0 Å². The molecule has 3 heteroatoms. The second-order valence-corrected chi connectivity index (χ2v) is 7.03. The lowest BCUT2D eigenvalue weighted by molar-refractivity contribution is 0.0103. The summed E-state index contributed by atoms with van der Waals surface area (Å²) in [6.45, 7) is 14.2. The van der Waals surface area contributed by atoms with E-state index in [0.717, 1.165) is 19.7 Å². The lowest BCUT2D eigenvalue weighted by Crippen LogP contribution is -2.59. The minimum Gasteiger partial charge on any atom is -0.383 e. The molecule has 0 amide bonds. The van der Waals surface area contributed by atoms with Crippen LogP contribution in [0.4, 0.5) is 0 Å². The Morgan fingerprint density at radius 1 is 1.39 bits per heavy atom. The zero-order chi connectivity index (χ0) is 14.0. The summed E-state index contributed by atoms with van der Waals surface area (Å²) in [6, 6.07) is 0.514. The first-order valence-electron chi connectivity index (χ1n) is 7.25. The van der Waals surface area contributed by atoms with E-state index < -0.39 is 0 Å². The molecule has 1 aliphatic carbocycles. The Morgan fingerprint density at radius 2 is 2.00 bits per heavy atom. The van der Waals surface area contributed by atoms with Crippen LogP contribution in [0.3, 0.4) is 0 Å². The Bertz CT molecular complexity index is 265. The molecular formula is C15H32N2O. The molecule has 3 nitrogen and oxygen atoms in total. The Labute approximate surface area is 113 Å². The van der Waals surface area contributed by atoms with E-state index in [-0.39, 0.29) is 5.54 Å². The number of hydrogen-bond donors (Lipinski definition) is 1. The van der Waals surface area contributed by atoms with Crippen molar-refractivity contribution in [1.82, 2.24) is 4.90 Å². The monoisotopic (exact) mass is 256 g/mol. The molecule has 0 aromatic carbocycles. The van der Waals surface area contributed by atoms with Gasteiger partial charge in [-0.05, 0) is 38.0 Å². The molecule has 2 unspecified atom stereocenters. The van der Waals surface area contributed by atoms with Gasteiger partial charge in [0.15, 0.2) is 0 Å². The van der Waals surface area contributed by atoms with Crippen molar-refractivity contribution in [3.63, 3.8) is 0 Å². The van der Waals surface area contributed by atoms with Crippen LogP contribution in [-0.2, 0) is 4.74 Å². The van der Waals surface area contributed by atoms with Gasteiger partial charge >= 0.3 is 0 Å². The number of methoxy groups -OCH3 is 1. The fourth-order valence-electron chi connectivity index (χ4n) is 4.05. The topological polar surface area (TPSA) is 38.5 Å². The lowest BCUT2D eigenvalue weighted by Gasteiger charge is -2.47. The van der Waals surface area contributed by atoms with Gasteiger partial charge in [0, 0.05) is 31.8 Å². The van der Waals surface area contributed by atoms with Gasteiger partial charge in [-0.1, -0.05) is 20.8 Å². The SMILES string of the molecule is COCCN(C(C)C)C1(CN)CC(C)(C)CC1C. The summed E-state index contributed by atoms with van der Waals surface area (Å²) < 4.78 is 5.28. The number of hydrogen-bond acceptors (Lipinski definition) is 3. The van der Waals surface area contributed by atoms with Crippen LogP contribution in [0.1, 0.15) is 47.5 Å². The van der Waals surface area contributed by atoms with Crippen LogP contribution in [0, 0.1) is 11.3 Å². The van der Waals surface area contributed by atoms with E-state index in [0.29, 0.717) is 17.4 Å². The van der Waals surface area contributed by atoms with E-state index in [1.54, 1.807) is 7.11 Å². The second-order valence-electron chi connectivity index (χ2n) is 7.03. The minimum absolute atomic E-state index is 0.149. The Balaban J connectivity index is 2.96. The molecule has 2 atom stereocenters. The maximum Gasteiger partial charge on any atom is 0.0590 e. The summed E-state index contributed by atoms with van der Waals surface area (Å²) in [5, 5.41) is 0. The second kappa shape index (κ2) is 5.89. The summed E-state index contributed by atoms with van der Waals surface area (Å²) in [6.07, 6.45) is 2.46. The zero-order valence-electron chi connectivity index (χ0n) is 13.1. The molecule has 1 saturated carbocycles. The molecule has 0 heterocycles. The van der Waals surface area contributed by atoms with Gasteiger partial charge in [-0.2, -0.15) is 0 Å². The standard InChI is InChI=1S/C15H32N2O/c1-12(2)17(7-8-18-6)15(11-16)10-14(4,5)9-13(15)3/h12-13H,7-11,16H2,1-6H3. The average Bonchev–Trinajstić information content (AvgIpc) is 2.49. The Morgan fingerprint density at radius 3 is 2.33 bits per heavy atom. The van der Waals surface area contributed by atoms with Gasteiger partial charge in [-0.15, -0.1) is 0 Å². The Kier molecular flexibility index (Phi) is 5.22. The highest BCUT2D eigenvalue weighted by Gasteiger charge is 2.51. The van der Waals surface area contributed by atoms with Crippen molar-refractivity contribution in [2.24, 2.45) is 17.1 Å². The first-order valence-corrected chi connectivity index (χ1v) is 7.25. The molecule has 1 fully saturated rings. The molecule has 2 N–H and O–H groups in total. The predicted octanol–water partition coefficient (Wildman–Crippen LogP) is 2.50. The number of nitrogens with zero attached hydrogens (tertiary/aromatic N) is 1. The van der Waals surface area contributed by atoms with Crippen molar-refractivity contribution in [3.05, 3.63) is 0 Å². The fraction of sp³-hybridized carbons (Fsp3) is 1.00. The van der Waals surface area contributed by atoms with Gasteiger partial charge in [0.1, 0.15) is 0 Å². The molecule has 108 valence electrons.